The van der Waals surface area contributed by atoms with Crippen molar-refractivity contribution < 1.29 is 30.7 Å². The third-order valence-electron chi connectivity index (χ3n) is 6.24. The van der Waals surface area contributed by atoms with Crippen molar-refractivity contribution in [2.24, 2.45) is 5.92 Å². The monoisotopic (exact) mass is 518 g/mol. The Balaban J connectivity index is 1.48. The van der Waals surface area contributed by atoms with E-state index in [-0.39, 0.29) is 29.2 Å². The summed E-state index contributed by atoms with van der Waals surface area (Å²) in [4.78, 5) is 11.9. The molecule has 36 heavy (non-hydrogen) atoms. The molecule has 3 atom stereocenters. The van der Waals surface area contributed by atoms with Gasteiger partial charge in [-0.25, -0.2) is 23.4 Å². The number of oxazole rings is 1. The van der Waals surface area contributed by atoms with E-state index in [0.29, 0.717) is 29.3 Å². The van der Waals surface area contributed by atoms with Crippen LogP contribution in [0.5, 0.6) is 5.75 Å². The van der Waals surface area contributed by atoms with Gasteiger partial charge in [-0.05, 0) is 36.0 Å². The van der Waals surface area contributed by atoms with Gasteiger partial charge in [-0.15, -0.1) is 0 Å². The van der Waals surface area contributed by atoms with Gasteiger partial charge in [0, 0.05) is 25.1 Å². The molecule has 3 heterocycles. The zero-order valence-corrected chi connectivity index (χ0v) is 19.8. The first-order chi connectivity index (χ1) is 17.1. The lowest BCUT2D eigenvalue weighted by Crippen LogP contribution is -2.27. The fourth-order valence-corrected chi connectivity index (χ4v) is 5.62. The molecule has 1 N–H and O–H groups in total. The van der Waals surface area contributed by atoms with Crippen LogP contribution in [0.2, 0.25) is 0 Å². The summed E-state index contributed by atoms with van der Waals surface area (Å²) in [5.74, 6) is -0.436. The molecule has 0 bridgehead atoms. The molecule has 2 unspecified atom stereocenters. The summed E-state index contributed by atoms with van der Waals surface area (Å²) < 4.78 is 79.7. The highest BCUT2D eigenvalue weighted by atomic mass is 32.2. The largest absolute Gasteiger partial charge is 0.493 e. The molecule has 0 fully saturated rings. The van der Waals surface area contributed by atoms with Crippen LogP contribution in [-0.2, 0) is 10.0 Å². The van der Waals surface area contributed by atoms with Gasteiger partial charge in [-0.3, -0.25) is 4.72 Å². The Morgan fingerprint density at radius 2 is 2.03 bits per heavy atom. The number of allylic oxidation sites excluding steroid dienone is 4. The number of aromatic nitrogens is 3. The first-order valence-electron chi connectivity index (χ1n) is 11.1. The molecule has 5 rings (SSSR count). The van der Waals surface area contributed by atoms with Gasteiger partial charge in [0.2, 0.25) is 0 Å². The average molecular weight is 519 g/mol. The molecule has 8 nitrogen and oxygen atoms in total. The lowest BCUT2D eigenvalue weighted by atomic mass is 9.71. The van der Waals surface area contributed by atoms with Crippen LogP contribution in [0.3, 0.4) is 0 Å². The second kappa shape index (κ2) is 9.08. The number of alkyl halides is 3. The molecule has 12 heteroatoms. The Bertz CT molecular complexity index is 1440. The smallest absolute Gasteiger partial charge is 0.416 e. The maximum atomic E-state index is 13.5. The maximum absolute atomic E-state index is 13.5. The van der Waals surface area contributed by atoms with Crippen molar-refractivity contribution in [2.45, 2.75) is 36.3 Å². The normalized spacial score (nSPS) is 21.9. The molecule has 0 amide bonds. The number of hydrogen-bond acceptors (Lipinski definition) is 7. The van der Waals surface area contributed by atoms with Crippen LogP contribution in [0, 0.1) is 12.8 Å². The Morgan fingerprint density at radius 1 is 1.19 bits per heavy atom. The number of sulfonamides is 1. The molecule has 1 aromatic carbocycles. The number of benzene rings is 1. The highest BCUT2D eigenvalue weighted by Gasteiger charge is 2.40. The third kappa shape index (κ3) is 4.72. The van der Waals surface area contributed by atoms with Crippen molar-refractivity contribution in [3.8, 4) is 5.75 Å². The third-order valence-corrected chi connectivity index (χ3v) is 7.60. The lowest BCUT2D eigenvalue weighted by molar-refractivity contribution is -0.0889. The Labute approximate surface area is 205 Å². The first kappa shape index (κ1) is 24.0. The van der Waals surface area contributed by atoms with Gasteiger partial charge in [-0.1, -0.05) is 24.3 Å². The van der Waals surface area contributed by atoms with E-state index in [0.717, 1.165) is 6.08 Å². The van der Waals surface area contributed by atoms with Gasteiger partial charge in [-0.2, -0.15) is 13.2 Å². The van der Waals surface area contributed by atoms with Crippen LogP contribution in [0.4, 0.5) is 19.0 Å². The van der Waals surface area contributed by atoms with Crippen LogP contribution in [-0.4, -0.2) is 36.2 Å². The highest BCUT2D eigenvalue weighted by Crippen LogP contribution is 2.48. The fourth-order valence-electron chi connectivity index (χ4n) is 4.60. The molecule has 2 aromatic heterocycles. The number of nitrogens with one attached hydrogen (secondary N) is 1. The number of halogens is 3. The highest BCUT2D eigenvalue weighted by molar-refractivity contribution is 7.92. The molecule has 0 radical (unpaired) electrons. The number of rotatable bonds is 5. The van der Waals surface area contributed by atoms with E-state index in [1.54, 1.807) is 19.1 Å². The average Bonchev–Trinajstić information content (AvgIpc) is 3.29. The molecule has 1 aliphatic carbocycles. The molecule has 3 aromatic rings. The first-order valence-corrected chi connectivity index (χ1v) is 12.5. The van der Waals surface area contributed by atoms with E-state index < -0.39 is 27.7 Å². The van der Waals surface area contributed by atoms with Crippen molar-refractivity contribution >= 4 is 15.8 Å². The van der Waals surface area contributed by atoms with E-state index in [4.69, 9.17) is 9.15 Å². The van der Waals surface area contributed by atoms with Crippen LogP contribution in [0.15, 0.2) is 76.2 Å². The minimum Gasteiger partial charge on any atom is -0.493 e. The van der Waals surface area contributed by atoms with E-state index in [2.05, 4.69) is 19.7 Å². The topological polar surface area (TPSA) is 107 Å². The van der Waals surface area contributed by atoms with Crippen LogP contribution < -0.4 is 9.46 Å². The summed E-state index contributed by atoms with van der Waals surface area (Å²) in [6, 6.07) is 5.94. The van der Waals surface area contributed by atoms with Gasteiger partial charge >= 0.3 is 6.18 Å². The Hall–Kier alpha value is -3.67. The van der Waals surface area contributed by atoms with Crippen molar-refractivity contribution in [3.05, 3.63) is 84.0 Å². The molecular formula is C24H21F3N4O4S. The molecule has 188 valence electrons. The number of aryl methyl sites for hydroxylation is 1. The van der Waals surface area contributed by atoms with Gasteiger partial charge in [0.05, 0.1) is 22.8 Å². The van der Waals surface area contributed by atoms with Crippen molar-refractivity contribution in [1.29, 1.82) is 0 Å². The number of ether oxygens (including phenoxy) is 1. The second-order valence-electron chi connectivity index (χ2n) is 8.52. The lowest BCUT2D eigenvalue weighted by Gasteiger charge is -2.36. The van der Waals surface area contributed by atoms with E-state index in [1.807, 2.05) is 0 Å². The van der Waals surface area contributed by atoms with E-state index in [1.165, 1.54) is 43.1 Å². The quantitative estimate of drug-likeness (QED) is 0.512. The van der Waals surface area contributed by atoms with Crippen LogP contribution in [0.1, 0.15) is 35.4 Å². The van der Waals surface area contributed by atoms with Gasteiger partial charge < -0.3 is 9.15 Å². The number of hydrogen-bond donors (Lipinski definition) is 1. The Morgan fingerprint density at radius 3 is 2.72 bits per heavy atom. The SMILES string of the molecule is Cc1nc(C2C=C(C(F)(F)F)C=CC2[C@@H]2CCOc3cc(S(=O)(=O)Nc4ccncn4)ccc32)co1. The fraction of sp³-hybridized carbons (Fsp3) is 0.292. The zero-order chi connectivity index (χ0) is 25.5. The summed E-state index contributed by atoms with van der Waals surface area (Å²) >= 11 is 0. The number of anilines is 1. The van der Waals surface area contributed by atoms with Gasteiger partial charge in [0.1, 0.15) is 24.2 Å². The maximum Gasteiger partial charge on any atom is 0.416 e. The van der Waals surface area contributed by atoms with Crippen LogP contribution in [0.25, 0.3) is 0 Å². The minimum atomic E-state index is -4.49. The zero-order valence-electron chi connectivity index (χ0n) is 18.9. The summed E-state index contributed by atoms with van der Waals surface area (Å²) in [5, 5.41) is 0. The Kier molecular flexibility index (Phi) is 6.07. The number of nitrogens with zero attached hydrogens (tertiary/aromatic N) is 3. The van der Waals surface area contributed by atoms with Crippen molar-refractivity contribution in [2.75, 3.05) is 11.3 Å². The molecule has 1 aliphatic heterocycles. The predicted octanol–water partition coefficient (Wildman–Crippen LogP) is 4.90. The molecular weight excluding hydrogens is 497 g/mol. The van der Waals surface area contributed by atoms with Gasteiger partial charge in [0.15, 0.2) is 5.89 Å². The summed E-state index contributed by atoms with van der Waals surface area (Å²) in [6.45, 7) is 1.91. The summed E-state index contributed by atoms with van der Waals surface area (Å²) in [7, 11) is -3.95. The predicted molar refractivity (Wildman–Crippen MR) is 123 cm³/mol. The van der Waals surface area contributed by atoms with Crippen LogP contribution >= 0.6 is 0 Å². The van der Waals surface area contributed by atoms with E-state index in [9.17, 15) is 21.6 Å². The minimum absolute atomic E-state index is 0.0253. The van der Waals surface area contributed by atoms with Crippen molar-refractivity contribution in [3.63, 3.8) is 0 Å². The van der Waals surface area contributed by atoms with Gasteiger partial charge in [0.25, 0.3) is 10.0 Å². The second-order valence-corrected chi connectivity index (χ2v) is 10.2. The summed E-state index contributed by atoms with van der Waals surface area (Å²) in [5.41, 5.74) is 0.379. The summed E-state index contributed by atoms with van der Waals surface area (Å²) in [6.07, 6.45) is 3.89. The van der Waals surface area contributed by atoms with Crippen molar-refractivity contribution in [1.82, 2.24) is 15.0 Å². The van der Waals surface area contributed by atoms with E-state index >= 15 is 0 Å². The molecule has 0 spiro atoms. The molecule has 2 aliphatic rings. The standard InChI is InChI=1S/C24H21F3N4O4S/c1-14-30-21(12-35-14)20-10-15(24(25,26)27)2-4-17(20)18-7-9-34-22-11-16(3-5-19(18)22)36(32,33)31-23-6-8-28-13-29-23/h2-6,8,10-13,17-18,20H,7,9H2,1H3,(H,28,29,31)/t17?,18-,20?/m0/s1. The molecule has 0 saturated carbocycles. The molecule has 0 saturated heterocycles. The number of fused-ring (bicyclic) bond motifs is 1.